The number of amides is 4. The fourth-order valence-electron chi connectivity index (χ4n) is 5.99. The lowest BCUT2D eigenvalue weighted by Crippen LogP contribution is -2.75. The van der Waals surface area contributed by atoms with Gasteiger partial charge in [-0.15, -0.1) is 17.9 Å². The lowest BCUT2D eigenvalue weighted by atomic mass is 9.71. The highest BCUT2D eigenvalue weighted by Crippen LogP contribution is 2.32. The Morgan fingerprint density at radius 2 is 1.79 bits per heavy atom. The molecular formula is C34H50N6O7S. The highest BCUT2D eigenvalue weighted by molar-refractivity contribution is 7.11. The van der Waals surface area contributed by atoms with Gasteiger partial charge in [-0.05, 0) is 59.0 Å². The van der Waals surface area contributed by atoms with E-state index in [-0.39, 0.29) is 17.2 Å². The van der Waals surface area contributed by atoms with Crippen molar-refractivity contribution >= 4 is 40.7 Å². The van der Waals surface area contributed by atoms with Gasteiger partial charge in [-0.2, -0.15) is 0 Å². The third-order valence-electron chi connectivity index (χ3n) is 9.18. The van der Waals surface area contributed by atoms with Gasteiger partial charge in [0, 0.05) is 30.0 Å². The van der Waals surface area contributed by atoms with Crippen LogP contribution < -0.4 is 27.0 Å². The van der Waals surface area contributed by atoms with Crippen LogP contribution in [0.5, 0.6) is 0 Å². The first-order chi connectivity index (χ1) is 22.4. The minimum absolute atomic E-state index is 0.0907. The quantitative estimate of drug-likeness (QED) is 0.140. The van der Waals surface area contributed by atoms with Crippen molar-refractivity contribution in [2.75, 3.05) is 0 Å². The zero-order valence-electron chi connectivity index (χ0n) is 28.7. The molecule has 2 heterocycles. The Morgan fingerprint density at radius 1 is 1.10 bits per heavy atom. The summed E-state index contributed by atoms with van der Waals surface area (Å²) >= 11 is 1.13. The van der Waals surface area contributed by atoms with Crippen molar-refractivity contribution in [1.29, 1.82) is 0 Å². The minimum atomic E-state index is -2.02. The first-order valence-corrected chi connectivity index (χ1v) is 17.1. The van der Waals surface area contributed by atoms with Crippen molar-refractivity contribution in [2.24, 2.45) is 17.6 Å². The van der Waals surface area contributed by atoms with Gasteiger partial charge in [0.25, 0.3) is 0 Å². The Balaban J connectivity index is 2.18. The first kappa shape index (κ1) is 38.7. The zero-order valence-corrected chi connectivity index (χ0v) is 29.6. The van der Waals surface area contributed by atoms with Gasteiger partial charge in [-0.3, -0.25) is 24.0 Å². The Kier molecular flexibility index (Phi) is 13.0. The number of allylic oxidation sites excluding steroid dienone is 3. The van der Waals surface area contributed by atoms with Gasteiger partial charge < -0.3 is 36.8 Å². The lowest BCUT2D eigenvalue weighted by molar-refractivity contribution is -0.146. The molecule has 0 saturated carbocycles. The number of aliphatic hydroxyl groups excluding tert-OH is 1. The monoisotopic (exact) mass is 686 g/mol. The molecule has 9 atom stereocenters. The number of aromatic nitrogens is 1. The molecule has 0 radical (unpaired) electrons. The van der Waals surface area contributed by atoms with E-state index < -0.39 is 83.0 Å². The smallest absolute Gasteiger partial charge is 0.248 e. The Hall–Kier alpha value is -3.72. The van der Waals surface area contributed by atoms with Crippen LogP contribution in [-0.2, 0) is 23.9 Å². The van der Waals surface area contributed by atoms with Crippen LogP contribution >= 0.6 is 11.3 Å². The number of thiazole rings is 1. The Labute approximate surface area is 286 Å². The maximum Gasteiger partial charge on any atom is 0.248 e. The summed E-state index contributed by atoms with van der Waals surface area (Å²) in [5.41, 5.74) is 4.40. The molecule has 1 aromatic heterocycles. The first-order valence-electron chi connectivity index (χ1n) is 16.2. The number of aliphatic hydroxyl groups is 1. The Morgan fingerprint density at radius 3 is 2.33 bits per heavy atom. The summed E-state index contributed by atoms with van der Waals surface area (Å²) in [4.78, 5) is 74.3. The molecule has 1 aliphatic heterocycles. The normalized spacial score (nSPS) is 27.4. The predicted octanol–water partition coefficient (Wildman–Crippen LogP) is 1.69. The van der Waals surface area contributed by atoms with E-state index >= 15 is 0 Å². The van der Waals surface area contributed by atoms with Crippen molar-refractivity contribution in [3.63, 3.8) is 0 Å². The fourth-order valence-corrected chi connectivity index (χ4v) is 6.67. The topological polar surface area (TPSA) is 202 Å². The van der Waals surface area contributed by atoms with Crippen molar-refractivity contribution in [2.45, 2.75) is 115 Å². The summed E-state index contributed by atoms with van der Waals surface area (Å²) in [6.45, 7) is 14.9. The van der Waals surface area contributed by atoms with E-state index in [1.165, 1.54) is 20.0 Å². The summed E-state index contributed by atoms with van der Waals surface area (Å²) in [7, 11) is 0. The molecule has 264 valence electrons. The summed E-state index contributed by atoms with van der Waals surface area (Å²) in [6.07, 6.45) is 8.12. The van der Waals surface area contributed by atoms with Crippen molar-refractivity contribution in [3.8, 4) is 0 Å². The van der Waals surface area contributed by atoms with E-state index in [9.17, 15) is 29.1 Å². The zero-order chi connectivity index (χ0) is 36.0. The number of carbonyl (C=O) groups excluding carboxylic acids is 5. The number of nitrogens with zero attached hydrogens (tertiary/aromatic N) is 1. The van der Waals surface area contributed by atoms with Crippen molar-refractivity contribution in [1.82, 2.24) is 26.3 Å². The van der Waals surface area contributed by atoms with Crippen molar-refractivity contribution in [3.05, 3.63) is 53.0 Å². The number of ether oxygens (including phenoxy) is 1. The van der Waals surface area contributed by atoms with Crippen LogP contribution in [0, 0.1) is 11.8 Å². The summed E-state index contributed by atoms with van der Waals surface area (Å²) in [6, 6.07) is -5.24. The fraction of sp³-hybridized carbons (Fsp3) is 0.588. The molecular weight excluding hydrogens is 636 g/mol. The van der Waals surface area contributed by atoms with E-state index in [0.717, 1.165) is 29.8 Å². The van der Waals surface area contributed by atoms with Crippen LogP contribution in [0.25, 0.3) is 0 Å². The van der Waals surface area contributed by atoms with Gasteiger partial charge in [0.1, 0.15) is 23.7 Å². The maximum absolute atomic E-state index is 14.7. The van der Waals surface area contributed by atoms with Crippen molar-refractivity contribution < 1.29 is 33.8 Å². The van der Waals surface area contributed by atoms with Gasteiger partial charge in [0.2, 0.25) is 23.6 Å². The molecule has 9 unspecified atom stereocenters. The molecule has 0 spiro atoms. The van der Waals surface area contributed by atoms with Gasteiger partial charge in [-0.25, -0.2) is 4.98 Å². The summed E-state index contributed by atoms with van der Waals surface area (Å²) in [5, 5.41) is 23.4. The van der Waals surface area contributed by atoms with Crippen LogP contribution in [0.3, 0.4) is 0 Å². The number of carbonyl (C=O) groups is 5. The molecule has 1 aliphatic carbocycles. The molecule has 3 rings (SSSR count). The minimum Gasteiger partial charge on any atom is -0.391 e. The number of ketones is 1. The average Bonchev–Trinajstić information content (AvgIpc) is 3.58. The molecule has 1 aromatic rings. The van der Waals surface area contributed by atoms with Crippen LogP contribution in [0.1, 0.15) is 77.5 Å². The largest absolute Gasteiger partial charge is 0.391 e. The number of hydrogen-bond acceptors (Lipinski definition) is 10. The molecule has 2 aliphatic rings. The van der Waals surface area contributed by atoms with E-state index in [0.29, 0.717) is 0 Å². The molecule has 0 bridgehead atoms. The molecule has 4 amide bonds. The van der Waals surface area contributed by atoms with E-state index in [1.807, 2.05) is 18.2 Å². The predicted molar refractivity (Wildman–Crippen MR) is 183 cm³/mol. The summed E-state index contributed by atoms with van der Waals surface area (Å²) in [5.74, 6) is -5.45. The number of rotatable bonds is 12. The third kappa shape index (κ3) is 8.84. The van der Waals surface area contributed by atoms with Gasteiger partial charge >= 0.3 is 0 Å². The average molecular weight is 687 g/mol. The second kappa shape index (κ2) is 16.1. The molecule has 13 nitrogen and oxygen atoms in total. The second-order valence-corrected chi connectivity index (χ2v) is 14.2. The third-order valence-corrected chi connectivity index (χ3v) is 9.96. The SMILES string of the molecule is C=CC(C)(C)OC(C)C1NC(=O)C(C(C)N)(C(C)C(C)C(=O)c2nccs2)NC(=O)C(C(C)O)NC(=O)C(CC2=CCCC=C2)NC1=O. The van der Waals surface area contributed by atoms with E-state index in [1.54, 1.807) is 46.1 Å². The molecule has 1 fully saturated rings. The highest BCUT2D eigenvalue weighted by Gasteiger charge is 2.54. The number of hydrogen-bond donors (Lipinski definition) is 6. The van der Waals surface area contributed by atoms with Crippen LogP contribution in [0.4, 0.5) is 0 Å². The second-order valence-electron chi connectivity index (χ2n) is 13.3. The summed E-state index contributed by atoms with van der Waals surface area (Å²) < 4.78 is 6.15. The number of nitrogens with one attached hydrogen (secondary N) is 4. The van der Waals surface area contributed by atoms with Gasteiger partial charge in [0.15, 0.2) is 10.8 Å². The molecule has 1 saturated heterocycles. The van der Waals surface area contributed by atoms with E-state index in [4.69, 9.17) is 10.5 Å². The van der Waals surface area contributed by atoms with E-state index in [2.05, 4.69) is 32.8 Å². The van der Waals surface area contributed by atoms with Gasteiger partial charge in [-0.1, -0.05) is 38.2 Å². The molecule has 7 N–H and O–H groups in total. The maximum atomic E-state index is 14.7. The number of nitrogens with two attached hydrogens (primary N) is 1. The van der Waals surface area contributed by atoms with Crippen LogP contribution in [-0.4, -0.2) is 87.0 Å². The van der Waals surface area contributed by atoms with Crippen LogP contribution in [0.2, 0.25) is 0 Å². The molecule has 48 heavy (non-hydrogen) atoms. The van der Waals surface area contributed by atoms with Gasteiger partial charge in [0.05, 0.1) is 17.8 Å². The molecule has 14 heteroatoms. The highest BCUT2D eigenvalue weighted by atomic mass is 32.1. The lowest BCUT2D eigenvalue weighted by Gasteiger charge is -2.45. The standard InChI is InChI=1S/C34H50N6O7S/c1-9-33(7,8)47-21(5)26-29(44)37-24(17-23-13-11-10-12-14-23)28(43)38-25(20(4)41)30(45)40-34(22(6)35,32(46)39-26)19(3)18(2)27(42)31-36-15-16-48-31/h9,11,13-16,18-22,24-26,41H,1,10,12,17,35H2,2-8H3,(H,37,44)(H,38,43)(H,39,46)(H,40,45). The van der Waals surface area contributed by atoms with Crippen LogP contribution in [0.15, 0.2) is 48.0 Å². The number of Topliss-reactive ketones (excluding diaryl/α,β-unsaturated/α-hetero) is 1. The Bertz CT molecular complexity index is 1420. The molecule has 0 aromatic carbocycles.